The van der Waals surface area contributed by atoms with E-state index >= 15 is 0 Å². The topological polar surface area (TPSA) is 148 Å². The largest absolute Gasteiger partial charge is 0.490 e. The first-order valence-corrected chi connectivity index (χ1v) is 12.9. The molecule has 0 saturated heterocycles. The number of amides is 1. The summed E-state index contributed by atoms with van der Waals surface area (Å²) in [6.07, 6.45) is 1.27. The summed E-state index contributed by atoms with van der Waals surface area (Å²) in [4.78, 5) is 24.9. The Morgan fingerprint density at radius 2 is 1.86 bits per heavy atom. The van der Waals surface area contributed by atoms with Crippen LogP contribution < -0.4 is 14.8 Å². The summed E-state index contributed by atoms with van der Waals surface area (Å²) in [5.74, 6) is -1.94. The lowest BCUT2D eigenvalue weighted by Crippen LogP contribution is -2.13. The lowest BCUT2D eigenvalue weighted by molar-refractivity contribution is -0.112. The predicted octanol–water partition coefficient (Wildman–Crippen LogP) is 3.63. The van der Waals surface area contributed by atoms with Crippen LogP contribution in [-0.2, 0) is 14.6 Å². The number of nitrogens with zero attached hydrogens (tertiary/aromatic N) is 3. The fraction of sp³-hybridized carbons (Fsp3) is 0.174. The number of sulfone groups is 1. The molecule has 3 rings (SSSR count). The maximum Gasteiger partial charge on any atom is 0.343 e. The maximum atomic E-state index is 13.1. The molecule has 0 aliphatic rings. The van der Waals surface area contributed by atoms with Crippen LogP contribution >= 0.6 is 11.3 Å². The summed E-state index contributed by atoms with van der Waals surface area (Å²) in [5, 5.41) is 18.9. The number of aromatic nitrogens is 2. The Labute approximate surface area is 209 Å². The van der Waals surface area contributed by atoms with Crippen LogP contribution in [-0.4, -0.2) is 42.9 Å². The van der Waals surface area contributed by atoms with Crippen molar-refractivity contribution in [2.45, 2.75) is 18.2 Å². The van der Waals surface area contributed by atoms with E-state index < -0.39 is 27.5 Å². The standard InChI is InChI=1S/C23H19FN4O6S2/c1-3-33-19-12-14(5-10-18(19)34-21(30)15-6-8-17(24)9-7-15)11-16(13-25)20(29)26-22-27-28-23(35-22)36(31,32)4-2/h5-12H,3-4H2,1-2H3,(H,26,27,29). The number of anilines is 1. The Morgan fingerprint density at radius 3 is 2.50 bits per heavy atom. The number of carbonyl (C=O) groups excluding carboxylic acids is 2. The molecule has 2 aromatic carbocycles. The van der Waals surface area contributed by atoms with Gasteiger partial charge in [0.05, 0.1) is 17.9 Å². The van der Waals surface area contributed by atoms with Gasteiger partial charge in [-0.15, -0.1) is 10.2 Å². The Morgan fingerprint density at radius 1 is 1.14 bits per heavy atom. The second-order valence-corrected chi connectivity index (χ2v) is 10.4. The summed E-state index contributed by atoms with van der Waals surface area (Å²) < 4.78 is 47.5. The van der Waals surface area contributed by atoms with E-state index in [9.17, 15) is 27.7 Å². The summed E-state index contributed by atoms with van der Waals surface area (Å²) in [5.41, 5.74) is 0.222. The Hall–Kier alpha value is -4.15. The minimum absolute atomic E-state index is 0.0776. The van der Waals surface area contributed by atoms with Crippen molar-refractivity contribution in [2.24, 2.45) is 0 Å². The van der Waals surface area contributed by atoms with Gasteiger partial charge in [-0.1, -0.05) is 24.3 Å². The van der Waals surface area contributed by atoms with E-state index in [4.69, 9.17) is 9.47 Å². The van der Waals surface area contributed by atoms with Gasteiger partial charge in [0.1, 0.15) is 17.5 Å². The second kappa shape index (κ2) is 11.5. The molecule has 1 heterocycles. The molecule has 1 amide bonds. The molecule has 186 valence electrons. The maximum absolute atomic E-state index is 13.1. The van der Waals surface area contributed by atoms with Crippen molar-refractivity contribution < 1.29 is 31.9 Å². The summed E-state index contributed by atoms with van der Waals surface area (Å²) in [6.45, 7) is 3.41. The van der Waals surface area contributed by atoms with E-state index in [0.29, 0.717) is 16.9 Å². The molecule has 0 unspecified atom stereocenters. The molecule has 0 bridgehead atoms. The smallest absolute Gasteiger partial charge is 0.343 e. The zero-order valence-electron chi connectivity index (χ0n) is 19.0. The van der Waals surface area contributed by atoms with E-state index in [1.807, 2.05) is 0 Å². The molecule has 13 heteroatoms. The fourth-order valence-corrected chi connectivity index (χ4v) is 4.68. The quantitative estimate of drug-likeness (QED) is 0.144. The number of hydrogen-bond acceptors (Lipinski definition) is 10. The van der Waals surface area contributed by atoms with Gasteiger partial charge in [-0.2, -0.15) is 5.26 Å². The molecule has 1 N–H and O–H groups in total. The lowest BCUT2D eigenvalue weighted by Gasteiger charge is -2.11. The zero-order valence-corrected chi connectivity index (χ0v) is 20.7. The van der Waals surface area contributed by atoms with Crippen molar-refractivity contribution in [1.82, 2.24) is 10.2 Å². The number of nitriles is 1. The Kier molecular flexibility index (Phi) is 8.46. The van der Waals surface area contributed by atoms with Gasteiger partial charge in [0.25, 0.3) is 5.91 Å². The third-order valence-corrected chi connectivity index (χ3v) is 7.52. The number of ether oxygens (including phenoxy) is 2. The van der Waals surface area contributed by atoms with Crippen LogP contribution in [0.25, 0.3) is 6.08 Å². The highest BCUT2D eigenvalue weighted by Crippen LogP contribution is 2.30. The molecule has 0 radical (unpaired) electrons. The highest BCUT2D eigenvalue weighted by molar-refractivity contribution is 7.93. The average molecular weight is 531 g/mol. The molecular weight excluding hydrogens is 511 g/mol. The molecular formula is C23H19FN4O6S2. The van der Waals surface area contributed by atoms with Crippen LogP contribution in [0.2, 0.25) is 0 Å². The summed E-state index contributed by atoms with van der Waals surface area (Å²) in [7, 11) is -3.58. The van der Waals surface area contributed by atoms with Crippen LogP contribution in [0.3, 0.4) is 0 Å². The van der Waals surface area contributed by atoms with Crippen molar-refractivity contribution in [1.29, 1.82) is 5.26 Å². The van der Waals surface area contributed by atoms with Crippen LogP contribution in [0.1, 0.15) is 29.8 Å². The zero-order chi connectivity index (χ0) is 26.3. The molecule has 0 aliphatic carbocycles. The van der Waals surface area contributed by atoms with Gasteiger partial charge in [0, 0.05) is 0 Å². The first-order valence-electron chi connectivity index (χ1n) is 10.4. The van der Waals surface area contributed by atoms with E-state index in [1.165, 1.54) is 43.3 Å². The molecule has 0 atom stereocenters. The van der Waals surface area contributed by atoms with Gasteiger partial charge in [-0.05, 0) is 55.0 Å². The molecule has 0 fully saturated rings. The molecule has 0 spiro atoms. The molecule has 10 nitrogen and oxygen atoms in total. The number of esters is 1. The monoisotopic (exact) mass is 530 g/mol. The van der Waals surface area contributed by atoms with E-state index in [1.54, 1.807) is 13.0 Å². The van der Waals surface area contributed by atoms with E-state index in [2.05, 4.69) is 15.5 Å². The van der Waals surface area contributed by atoms with Gasteiger partial charge in [0.15, 0.2) is 11.5 Å². The number of hydrogen-bond donors (Lipinski definition) is 1. The van der Waals surface area contributed by atoms with E-state index in [-0.39, 0.29) is 44.5 Å². The van der Waals surface area contributed by atoms with Gasteiger partial charge in [0.2, 0.25) is 19.3 Å². The van der Waals surface area contributed by atoms with Gasteiger partial charge < -0.3 is 9.47 Å². The summed E-state index contributed by atoms with van der Waals surface area (Å²) in [6, 6.07) is 11.0. The molecule has 3 aromatic rings. The normalized spacial score (nSPS) is 11.4. The van der Waals surface area contributed by atoms with Crippen LogP contribution in [0.5, 0.6) is 11.5 Å². The molecule has 1 aromatic heterocycles. The fourth-order valence-electron chi connectivity index (χ4n) is 2.70. The predicted molar refractivity (Wildman–Crippen MR) is 129 cm³/mol. The SMILES string of the molecule is CCOc1cc(C=C(C#N)C(=O)Nc2nnc(S(=O)(=O)CC)s2)ccc1OC(=O)c1ccc(F)cc1. The average Bonchev–Trinajstić information content (AvgIpc) is 3.33. The number of carbonyl (C=O) groups is 2. The highest BCUT2D eigenvalue weighted by atomic mass is 32.2. The summed E-state index contributed by atoms with van der Waals surface area (Å²) >= 11 is 0.674. The minimum atomic E-state index is -3.58. The lowest BCUT2D eigenvalue weighted by atomic mass is 10.1. The van der Waals surface area contributed by atoms with Crippen molar-refractivity contribution >= 4 is 44.3 Å². The Balaban J connectivity index is 1.81. The third kappa shape index (κ3) is 6.49. The minimum Gasteiger partial charge on any atom is -0.490 e. The number of nitrogens with one attached hydrogen (secondary N) is 1. The van der Waals surface area contributed by atoms with Crippen molar-refractivity contribution in [3.63, 3.8) is 0 Å². The highest BCUT2D eigenvalue weighted by Gasteiger charge is 2.20. The number of rotatable bonds is 9. The van der Waals surface area contributed by atoms with Gasteiger partial charge in [-0.25, -0.2) is 17.6 Å². The first-order chi connectivity index (χ1) is 17.2. The van der Waals surface area contributed by atoms with Crippen molar-refractivity contribution in [3.05, 3.63) is 65.0 Å². The van der Waals surface area contributed by atoms with Gasteiger partial charge in [-0.3, -0.25) is 10.1 Å². The van der Waals surface area contributed by atoms with Crippen LogP contribution in [0.4, 0.5) is 9.52 Å². The molecule has 36 heavy (non-hydrogen) atoms. The van der Waals surface area contributed by atoms with Crippen LogP contribution in [0, 0.1) is 17.1 Å². The van der Waals surface area contributed by atoms with Crippen molar-refractivity contribution in [3.8, 4) is 17.6 Å². The Bertz CT molecular complexity index is 1460. The van der Waals surface area contributed by atoms with Gasteiger partial charge >= 0.3 is 5.97 Å². The van der Waals surface area contributed by atoms with E-state index in [0.717, 1.165) is 12.1 Å². The molecule has 0 aliphatic heterocycles. The second-order valence-electron chi connectivity index (χ2n) is 6.94. The van der Waals surface area contributed by atoms with Crippen LogP contribution in [0.15, 0.2) is 52.4 Å². The number of benzene rings is 2. The van der Waals surface area contributed by atoms with Crippen molar-refractivity contribution in [2.75, 3.05) is 17.7 Å². The molecule has 0 saturated carbocycles. The third-order valence-electron chi connectivity index (χ3n) is 4.50. The first kappa shape index (κ1) is 26.5. The number of halogens is 1.